The second-order valence-electron chi connectivity index (χ2n) is 6.51. The van der Waals surface area contributed by atoms with E-state index in [2.05, 4.69) is 121 Å². The molecule has 0 N–H and O–H groups in total. The molecule has 26 heavy (non-hydrogen) atoms. The van der Waals surface area contributed by atoms with E-state index in [0.717, 1.165) is 0 Å². The van der Waals surface area contributed by atoms with E-state index < -0.39 is 6.15 Å². The first-order valence-electron chi connectivity index (χ1n) is 8.80. The van der Waals surface area contributed by atoms with Gasteiger partial charge < -0.3 is 0 Å². The molecule has 128 valence electrons. The lowest BCUT2D eigenvalue weighted by molar-refractivity contribution is 1.66. The standard InChI is InChI=1S/C24H20B.H3P/c1-5-13-21(14-6-1)25(22-15-7-2-8-16-22,23-17-9-3-10-18-23)24-19-11-4-12-20-24;/h1-20H;1H3/q-1;. The molecule has 0 saturated carbocycles. The topological polar surface area (TPSA) is 0 Å². The van der Waals surface area contributed by atoms with Crippen molar-refractivity contribution in [2.24, 2.45) is 0 Å². The van der Waals surface area contributed by atoms with Gasteiger partial charge in [-0.05, 0) is 0 Å². The van der Waals surface area contributed by atoms with Gasteiger partial charge in [0.1, 0.15) is 6.15 Å². The van der Waals surface area contributed by atoms with Crippen molar-refractivity contribution in [3.05, 3.63) is 121 Å². The fraction of sp³-hybridized carbons (Fsp3) is 0. The molecule has 1 unspecified atom stereocenters. The van der Waals surface area contributed by atoms with E-state index in [9.17, 15) is 0 Å². The van der Waals surface area contributed by atoms with Crippen LogP contribution in [0.4, 0.5) is 0 Å². The van der Waals surface area contributed by atoms with Crippen LogP contribution in [-0.2, 0) is 0 Å². The lowest BCUT2D eigenvalue weighted by atomic mass is 9.13. The third-order valence-corrected chi connectivity index (χ3v) is 5.20. The Balaban J connectivity index is 0.00000196. The average Bonchev–Trinajstić information content (AvgIpc) is 2.72. The first kappa shape index (κ1) is 18.2. The molecule has 0 aliphatic carbocycles. The van der Waals surface area contributed by atoms with Gasteiger partial charge in [0.15, 0.2) is 0 Å². The molecular weight excluding hydrogens is 330 g/mol. The minimum Gasteiger partial charge on any atom is -0.195 e. The summed E-state index contributed by atoms with van der Waals surface area (Å²) < 4.78 is 0. The number of rotatable bonds is 4. The molecule has 4 aromatic rings. The second kappa shape index (κ2) is 8.17. The van der Waals surface area contributed by atoms with Crippen LogP contribution >= 0.6 is 9.90 Å². The van der Waals surface area contributed by atoms with E-state index in [1.165, 1.54) is 21.9 Å². The lowest BCUT2D eigenvalue weighted by Gasteiger charge is -2.44. The highest BCUT2D eigenvalue weighted by Gasteiger charge is 2.30. The molecule has 4 rings (SSSR count). The maximum Gasteiger partial charge on any atom is 0.108 e. The van der Waals surface area contributed by atoms with Crippen LogP contribution in [-0.4, -0.2) is 6.15 Å². The first-order chi connectivity index (χ1) is 12.4. The Kier molecular flexibility index (Phi) is 5.71. The van der Waals surface area contributed by atoms with Gasteiger partial charge in [0.05, 0.1) is 0 Å². The first-order valence-corrected chi connectivity index (χ1v) is 8.80. The summed E-state index contributed by atoms with van der Waals surface area (Å²) in [5, 5.41) is 0. The number of hydrogen-bond acceptors (Lipinski definition) is 0. The van der Waals surface area contributed by atoms with Crippen molar-refractivity contribution in [2.75, 3.05) is 0 Å². The maximum atomic E-state index is 2.26. The summed E-state index contributed by atoms with van der Waals surface area (Å²) >= 11 is 0. The Morgan fingerprint density at radius 1 is 0.308 bits per heavy atom. The van der Waals surface area contributed by atoms with Gasteiger partial charge in [-0.25, -0.2) is 0 Å². The predicted molar refractivity (Wildman–Crippen MR) is 121 cm³/mol. The minimum absolute atomic E-state index is 0. The normalized spacial score (nSPS) is 10.8. The number of benzene rings is 4. The van der Waals surface area contributed by atoms with Crippen LogP contribution in [0.3, 0.4) is 0 Å². The monoisotopic (exact) mass is 353 g/mol. The van der Waals surface area contributed by atoms with E-state index in [4.69, 9.17) is 0 Å². The van der Waals surface area contributed by atoms with Crippen LogP contribution in [0.25, 0.3) is 0 Å². The summed E-state index contributed by atoms with van der Waals surface area (Å²) in [5.41, 5.74) is 5.36. The molecule has 0 radical (unpaired) electrons. The zero-order chi connectivity index (χ0) is 17.0. The minimum atomic E-state index is -1.22. The van der Waals surface area contributed by atoms with Crippen LogP contribution in [0.2, 0.25) is 0 Å². The van der Waals surface area contributed by atoms with Gasteiger partial charge in [0.25, 0.3) is 0 Å². The smallest absolute Gasteiger partial charge is 0.108 e. The van der Waals surface area contributed by atoms with E-state index in [0.29, 0.717) is 0 Å². The summed E-state index contributed by atoms with van der Waals surface area (Å²) in [5.74, 6) is 0. The van der Waals surface area contributed by atoms with E-state index in [1.54, 1.807) is 0 Å². The molecule has 0 heterocycles. The van der Waals surface area contributed by atoms with Crippen molar-refractivity contribution in [2.45, 2.75) is 0 Å². The molecule has 0 fully saturated rings. The van der Waals surface area contributed by atoms with Crippen LogP contribution < -0.4 is 21.9 Å². The fourth-order valence-electron chi connectivity index (χ4n) is 4.12. The molecule has 0 aliphatic heterocycles. The van der Waals surface area contributed by atoms with Crippen molar-refractivity contribution in [3.63, 3.8) is 0 Å². The van der Waals surface area contributed by atoms with Crippen LogP contribution in [0.1, 0.15) is 0 Å². The molecule has 2 heteroatoms. The predicted octanol–water partition coefficient (Wildman–Crippen LogP) is 3.12. The van der Waals surface area contributed by atoms with Gasteiger partial charge in [-0.1, -0.05) is 121 Å². The molecule has 1 atom stereocenters. The Morgan fingerprint density at radius 2 is 0.500 bits per heavy atom. The van der Waals surface area contributed by atoms with Crippen LogP contribution in [0.15, 0.2) is 121 Å². The van der Waals surface area contributed by atoms with Gasteiger partial charge in [-0.15, -0.1) is 0 Å². The van der Waals surface area contributed by atoms with Crippen molar-refractivity contribution in [1.82, 2.24) is 0 Å². The van der Waals surface area contributed by atoms with Crippen LogP contribution in [0.5, 0.6) is 0 Å². The second-order valence-corrected chi connectivity index (χ2v) is 6.51. The van der Waals surface area contributed by atoms with E-state index in [1.807, 2.05) is 0 Å². The van der Waals surface area contributed by atoms with Gasteiger partial charge in [0, 0.05) is 0 Å². The molecule has 0 nitrogen and oxygen atoms in total. The van der Waals surface area contributed by atoms with Crippen molar-refractivity contribution >= 4 is 37.9 Å². The molecule has 0 aliphatic rings. The molecule has 0 amide bonds. The maximum absolute atomic E-state index is 2.26. The van der Waals surface area contributed by atoms with Crippen molar-refractivity contribution in [3.8, 4) is 0 Å². The highest BCUT2D eigenvalue weighted by Crippen LogP contribution is 2.09. The third kappa shape index (κ3) is 3.11. The third-order valence-electron chi connectivity index (χ3n) is 5.20. The largest absolute Gasteiger partial charge is 0.195 e. The van der Waals surface area contributed by atoms with Gasteiger partial charge in [0.2, 0.25) is 0 Å². The fourth-order valence-corrected chi connectivity index (χ4v) is 4.12. The molecule has 4 aromatic carbocycles. The summed E-state index contributed by atoms with van der Waals surface area (Å²) in [7, 11) is 0. The summed E-state index contributed by atoms with van der Waals surface area (Å²) in [4.78, 5) is 0. The van der Waals surface area contributed by atoms with Gasteiger partial charge in [-0.2, -0.15) is 31.8 Å². The Morgan fingerprint density at radius 3 is 0.692 bits per heavy atom. The highest BCUT2D eigenvalue weighted by molar-refractivity contribution is 7.19. The quantitative estimate of drug-likeness (QED) is 0.391. The van der Waals surface area contributed by atoms with Gasteiger partial charge in [-0.3, -0.25) is 0 Å². The Bertz CT molecular complexity index is 759. The van der Waals surface area contributed by atoms with Crippen molar-refractivity contribution in [1.29, 1.82) is 0 Å². The SMILES string of the molecule is P.c1ccc([B-](c2ccccc2)(c2ccccc2)c2ccccc2)cc1. The molecule has 0 bridgehead atoms. The Labute approximate surface area is 159 Å². The van der Waals surface area contributed by atoms with E-state index >= 15 is 0 Å². The number of hydrogen-bond donors (Lipinski definition) is 0. The summed E-state index contributed by atoms with van der Waals surface area (Å²) in [6, 6.07) is 43.5. The molecule has 0 saturated heterocycles. The van der Waals surface area contributed by atoms with E-state index in [-0.39, 0.29) is 9.90 Å². The summed E-state index contributed by atoms with van der Waals surface area (Å²) in [6.45, 7) is 0. The Hall–Kier alpha value is -2.63. The van der Waals surface area contributed by atoms with Gasteiger partial charge >= 0.3 is 0 Å². The summed E-state index contributed by atoms with van der Waals surface area (Å²) in [6.07, 6.45) is -1.22. The lowest BCUT2D eigenvalue weighted by Crippen LogP contribution is -2.74. The van der Waals surface area contributed by atoms with Crippen LogP contribution in [0, 0.1) is 0 Å². The highest BCUT2D eigenvalue weighted by atomic mass is 31.0. The zero-order valence-electron chi connectivity index (χ0n) is 14.8. The van der Waals surface area contributed by atoms with Crippen molar-refractivity contribution < 1.29 is 0 Å². The molecule has 0 aromatic heterocycles. The zero-order valence-corrected chi connectivity index (χ0v) is 16.2. The molecular formula is C24H23BP-. The average molecular weight is 353 g/mol. The molecule has 0 spiro atoms.